The van der Waals surface area contributed by atoms with E-state index in [9.17, 15) is 0 Å². The van der Waals surface area contributed by atoms with Crippen LogP contribution < -0.4 is 0 Å². The second-order valence-electron chi connectivity index (χ2n) is 15.4. The third-order valence-electron chi connectivity index (χ3n) is 11.8. The van der Waals surface area contributed by atoms with Gasteiger partial charge < -0.3 is 0 Å². The normalized spacial score (nSPS) is 13.0. The van der Waals surface area contributed by atoms with Crippen LogP contribution in [0.25, 0.3) is 94.4 Å². The summed E-state index contributed by atoms with van der Waals surface area (Å²) < 4.78 is 2.29. The highest BCUT2D eigenvalue weighted by Gasteiger charge is 2.35. The summed E-state index contributed by atoms with van der Waals surface area (Å²) in [5.74, 6) is 0.652. The molecule has 1 aliphatic carbocycles. The Bertz CT molecular complexity index is 3150. The molecule has 3 heteroatoms. The molecule has 0 radical (unpaired) electrons. The van der Waals surface area contributed by atoms with Crippen molar-refractivity contribution in [2.75, 3.05) is 0 Å². The molecule has 0 amide bonds. The van der Waals surface area contributed by atoms with Crippen LogP contribution in [-0.4, -0.2) is 14.5 Å². The molecular weight excluding hydrogens is 679 g/mol. The van der Waals surface area contributed by atoms with Gasteiger partial charge in [0.15, 0.2) is 0 Å². The first-order valence-electron chi connectivity index (χ1n) is 19.3. The van der Waals surface area contributed by atoms with Crippen molar-refractivity contribution in [3.8, 4) is 61.7 Å². The van der Waals surface area contributed by atoms with Gasteiger partial charge in [-0.2, -0.15) is 0 Å². The Morgan fingerprint density at radius 1 is 0.393 bits per heavy atom. The molecule has 0 saturated heterocycles. The molecule has 264 valence electrons. The summed E-state index contributed by atoms with van der Waals surface area (Å²) in [5.41, 5.74) is 17.4. The van der Waals surface area contributed by atoms with Crippen LogP contribution >= 0.6 is 0 Å². The lowest BCUT2D eigenvalue weighted by Gasteiger charge is -2.22. The van der Waals surface area contributed by atoms with Crippen molar-refractivity contribution in [2.24, 2.45) is 0 Å². The van der Waals surface area contributed by atoms with E-state index in [1.165, 1.54) is 44.5 Å². The minimum Gasteiger partial charge on any atom is -0.277 e. The molecule has 56 heavy (non-hydrogen) atoms. The van der Waals surface area contributed by atoms with Gasteiger partial charge in [-0.25, -0.2) is 9.97 Å². The fourth-order valence-corrected chi connectivity index (χ4v) is 9.05. The maximum atomic E-state index is 5.41. The maximum absolute atomic E-state index is 5.41. The van der Waals surface area contributed by atoms with Gasteiger partial charge in [0.05, 0.1) is 22.2 Å². The molecule has 0 spiro atoms. The standard InChI is InChI=1S/C53H37N3/c1-53(2)46-25-12-9-22-40(46)41-29-28-37(33-47(41)53)36-20-15-21-38(30-36)44-31-39(34-16-5-3-6-17-34)32-45-42-23-11-14-27-49(42)56(51(44)45)52-54-48-26-13-10-24-43(48)50(55-52)35-18-7-4-8-19-35/h3-33H,1-2H3. The Labute approximate surface area is 326 Å². The van der Waals surface area contributed by atoms with Crippen molar-refractivity contribution in [2.45, 2.75) is 19.3 Å². The van der Waals surface area contributed by atoms with E-state index in [4.69, 9.17) is 9.97 Å². The molecule has 0 bridgehead atoms. The number of benzene rings is 8. The first-order chi connectivity index (χ1) is 27.5. The maximum Gasteiger partial charge on any atom is 0.235 e. The van der Waals surface area contributed by atoms with Crippen LogP contribution in [0.3, 0.4) is 0 Å². The molecule has 0 atom stereocenters. The van der Waals surface area contributed by atoms with E-state index in [2.05, 4.69) is 200 Å². The molecule has 0 saturated carbocycles. The van der Waals surface area contributed by atoms with E-state index < -0.39 is 0 Å². The van der Waals surface area contributed by atoms with Crippen molar-refractivity contribution in [3.63, 3.8) is 0 Å². The van der Waals surface area contributed by atoms with E-state index >= 15 is 0 Å². The smallest absolute Gasteiger partial charge is 0.235 e. The van der Waals surface area contributed by atoms with Gasteiger partial charge in [0.2, 0.25) is 5.95 Å². The summed E-state index contributed by atoms with van der Waals surface area (Å²) in [7, 11) is 0. The molecule has 0 fully saturated rings. The number of para-hydroxylation sites is 2. The lowest BCUT2D eigenvalue weighted by atomic mass is 9.81. The Balaban J connectivity index is 1.18. The van der Waals surface area contributed by atoms with Crippen molar-refractivity contribution in [3.05, 3.63) is 199 Å². The van der Waals surface area contributed by atoms with E-state index in [-0.39, 0.29) is 5.41 Å². The summed E-state index contributed by atoms with van der Waals surface area (Å²) in [4.78, 5) is 10.7. The van der Waals surface area contributed by atoms with Crippen LogP contribution in [-0.2, 0) is 5.41 Å². The molecular formula is C53H37N3. The fraction of sp³-hybridized carbons (Fsp3) is 0.0566. The quantitative estimate of drug-likeness (QED) is 0.178. The second kappa shape index (κ2) is 12.5. The van der Waals surface area contributed by atoms with Crippen LogP contribution in [0.4, 0.5) is 0 Å². The van der Waals surface area contributed by atoms with Gasteiger partial charge in [-0.3, -0.25) is 4.57 Å². The van der Waals surface area contributed by atoms with E-state index in [1.807, 2.05) is 6.07 Å². The lowest BCUT2D eigenvalue weighted by molar-refractivity contribution is 0.660. The molecule has 8 aromatic carbocycles. The average molecular weight is 716 g/mol. The van der Waals surface area contributed by atoms with Crippen LogP contribution in [0, 0.1) is 0 Å². The number of aromatic nitrogens is 3. The molecule has 2 aromatic heterocycles. The summed E-state index contributed by atoms with van der Waals surface area (Å²) >= 11 is 0. The first kappa shape index (κ1) is 32.3. The molecule has 1 aliphatic rings. The highest BCUT2D eigenvalue weighted by atomic mass is 15.2. The Morgan fingerprint density at radius 2 is 1.04 bits per heavy atom. The largest absolute Gasteiger partial charge is 0.277 e. The zero-order valence-electron chi connectivity index (χ0n) is 31.2. The van der Waals surface area contributed by atoms with Gasteiger partial charge in [-0.05, 0) is 86.5 Å². The van der Waals surface area contributed by atoms with Crippen LogP contribution in [0.5, 0.6) is 0 Å². The Kier molecular flexibility index (Phi) is 7.20. The number of hydrogen-bond donors (Lipinski definition) is 0. The van der Waals surface area contributed by atoms with Gasteiger partial charge in [0.25, 0.3) is 0 Å². The summed E-state index contributed by atoms with van der Waals surface area (Å²) in [6, 6.07) is 67.8. The van der Waals surface area contributed by atoms with Crippen molar-refractivity contribution in [1.82, 2.24) is 14.5 Å². The van der Waals surface area contributed by atoms with E-state index in [1.54, 1.807) is 0 Å². The van der Waals surface area contributed by atoms with Gasteiger partial charge in [-0.1, -0.05) is 166 Å². The van der Waals surface area contributed by atoms with Crippen molar-refractivity contribution >= 4 is 32.7 Å². The average Bonchev–Trinajstić information content (AvgIpc) is 3.72. The summed E-state index contributed by atoms with van der Waals surface area (Å²) in [6.45, 7) is 4.70. The number of rotatable bonds is 5. The number of nitrogens with zero attached hydrogens (tertiary/aromatic N) is 3. The van der Waals surface area contributed by atoms with Crippen LogP contribution in [0.15, 0.2) is 188 Å². The van der Waals surface area contributed by atoms with Crippen LogP contribution in [0.1, 0.15) is 25.0 Å². The van der Waals surface area contributed by atoms with Crippen molar-refractivity contribution < 1.29 is 0 Å². The predicted octanol–water partition coefficient (Wildman–Crippen LogP) is 13.7. The monoisotopic (exact) mass is 715 g/mol. The van der Waals surface area contributed by atoms with Gasteiger partial charge in [0, 0.05) is 32.7 Å². The minimum atomic E-state index is -0.0743. The Hall–Kier alpha value is -7.10. The van der Waals surface area contributed by atoms with E-state index in [0.717, 1.165) is 55.1 Å². The Morgan fingerprint density at radius 3 is 1.88 bits per heavy atom. The minimum absolute atomic E-state index is 0.0743. The first-order valence-corrected chi connectivity index (χ1v) is 19.3. The number of hydrogen-bond acceptors (Lipinski definition) is 2. The molecule has 0 aliphatic heterocycles. The van der Waals surface area contributed by atoms with Crippen LogP contribution in [0.2, 0.25) is 0 Å². The number of fused-ring (bicyclic) bond motifs is 7. The van der Waals surface area contributed by atoms with E-state index in [0.29, 0.717) is 5.95 Å². The topological polar surface area (TPSA) is 30.7 Å². The zero-order chi connectivity index (χ0) is 37.4. The van der Waals surface area contributed by atoms with Gasteiger partial charge >= 0.3 is 0 Å². The molecule has 2 heterocycles. The summed E-state index contributed by atoms with van der Waals surface area (Å²) in [6.07, 6.45) is 0. The molecule has 11 rings (SSSR count). The second-order valence-corrected chi connectivity index (χ2v) is 15.4. The third-order valence-corrected chi connectivity index (χ3v) is 11.8. The third kappa shape index (κ3) is 4.98. The highest BCUT2D eigenvalue weighted by molar-refractivity contribution is 6.15. The molecule has 0 unspecified atom stereocenters. The molecule has 0 N–H and O–H groups in total. The fourth-order valence-electron chi connectivity index (χ4n) is 9.05. The summed E-state index contributed by atoms with van der Waals surface area (Å²) in [5, 5.41) is 3.36. The van der Waals surface area contributed by atoms with Gasteiger partial charge in [-0.15, -0.1) is 0 Å². The van der Waals surface area contributed by atoms with Crippen molar-refractivity contribution in [1.29, 1.82) is 0 Å². The molecule has 3 nitrogen and oxygen atoms in total. The zero-order valence-corrected chi connectivity index (χ0v) is 31.2. The lowest BCUT2D eigenvalue weighted by Crippen LogP contribution is -2.14. The SMILES string of the molecule is CC1(C)c2ccccc2-c2ccc(-c3cccc(-c4cc(-c5ccccc5)cc5c6ccccc6n(-c6nc(-c7ccccc7)c7ccccc7n6)c45)c3)cc21. The van der Waals surface area contributed by atoms with Gasteiger partial charge in [0.1, 0.15) is 0 Å². The predicted molar refractivity (Wildman–Crippen MR) is 233 cm³/mol. The molecule has 10 aromatic rings. The highest BCUT2D eigenvalue weighted by Crippen LogP contribution is 2.50.